The summed E-state index contributed by atoms with van der Waals surface area (Å²) >= 11 is 1.02. The minimum absolute atomic E-state index is 0.0330. The Morgan fingerprint density at radius 1 is 1.55 bits per heavy atom. The summed E-state index contributed by atoms with van der Waals surface area (Å²) in [6.07, 6.45) is 1.10. The number of nitrogens with one attached hydrogen (secondary N) is 1. The largest absolute Gasteiger partial charge is 0.465 e. The lowest BCUT2D eigenvalue weighted by atomic mass is 10.3. The Hall–Kier alpha value is -1.78. The molecule has 0 saturated heterocycles. The predicted octanol–water partition coefficient (Wildman–Crippen LogP) is 0.705. The molecule has 0 saturated carbocycles. The molecule has 0 amide bonds. The summed E-state index contributed by atoms with van der Waals surface area (Å²) < 4.78 is 35.9. The molecule has 8 nitrogen and oxygen atoms in total. The fourth-order valence-corrected chi connectivity index (χ4v) is 4.18. The SMILES string of the molecule is COC(=O)c1scc(C)c1S(=O)(=O)NCc1ncon1. The van der Waals surface area contributed by atoms with Crippen LogP contribution in [-0.4, -0.2) is 31.6 Å². The molecule has 0 spiro atoms. The minimum Gasteiger partial charge on any atom is -0.465 e. The van der Waals surface area contributed by atoms with Crippen molar-refractivity contribution in [3.63, 3.8) is 0 Å². The Kier molecular flexibility index (Phi) is 4.16. The van der Waals surface area contributed by atoms with Crippen molar-refractivity contribution in [2.75, 3.05) is 7.11 Å². The van der Waals surface area contributed by atoms with Crippen molar-refractivity contribution in [2.24, 2.45) is 0 Å². The third-order valence-electron chi connectivity index (χ3n) is 2.38. The van der Waals surface area contributed by atoms with E-state index in [4.69, 9.17) is 0 Å². The lowest BCUT2D eigenvalue weighted by molar-refractivity contribution is 0.0602. The zero-order valence-corrected chi connectivity index (χ0v) is 12.2. The molecule has 0 radical (unpaired) electrons. The van der Waals surface area contributed by atoms with E-state index in [9.17, 15) is 13.2 Å². The van der Waals surface area contributed by atoms with Gasteiger partial charge in [-0.05, 0) is 17.9 Å². The van der Waals surface area contributed by atoms with Crippen LogP contribution in [0.15, 0.2) is 21.2 Å². The van der Waals surface area contributed by atoms with Gasteiger partial charge in [0.1, 0.15) is 9.77 Å². The van der Waals surface area contributed by atoms with Crippen LogP contribution in [0.2, 0.25) is 0 Å². The monoisotopic (exact) mass is 317 g/mol. The first-order valence-electron chi connectivity index (χ1n) is 5.37. The number of carbonyl (C=O) groups excluding carboxylic acids is 1. The highest BCUT2D eigenvalue weighted by atomic mass is 32.2. The average molecular weight is 317 g/mol. The van der Waals surface area contributed by atoms with Gasteiger partial charge in [0.2, 0.25) is 16.4 Å². The van der Waals surface area contributed by atoms with Crippen molar-refractivity contribution in [3.05, 3.63) is 28.0 Å². The van der Waals surface area contributed by atoms with Crippen LogP contribution < -0.4 is 4.72 Å². The number of aryl methyl sites for hydroxylation is 1. The van der Waals surface area contributed by atoms with E-state index in [0.717, 1.165) is 17.7 Å². The molecule has 0 aliphatic heterocycles. The maximum absolute atomic E-state index is 12.3. The standard InChI is InChI=1S/C10H11N3O5S2/c1-6-4-19-8(10(14)17-2)9(6)20(15,16)12-3-7-11-5-18-13-7/h4-5,12H,3H2,1-2H3. The minimum atomic E-state index is -3.87. The number of carbonyl (C=O) groups is 1. The van der Waals surface area contributed by atoms with E-state index in [1.807, 2.05) is 0 Å². The van der Waals surface area contributed by atoms with Gasteiger partial charge in [0.25, 0.3) is 0 Å². The number of sulfonamides is 1. The topological polar surface area (TPSA) is 111 Å². The summed E-state index contributed by atoms with van der Waals surface area (Å²) in [5.41, 5.74) is 0.469. The van der Waals surface area contributed by atoms with E-state index in [0.29, 0.717) is 5.56 Å². The Morgan fingerprint density at radius 2 is 2.30 bits per heavy atom. The van der Waals surface area contributed by atoms with Gasteiger partial charge in [0.05, 0.1) is 13.7 Å². The molecule has 20 heavy (non-hydrogen) atoms. The third-order valence-corrected chi connectivity index (χ3v) is 5.18. The van der Waals surface area contributed by atoms with Crippen LogP contribution in [-0.2, 0) is 21.3 Å². The molecule has 2 aromatic heterocycles. The van der Waals surface area contributed by atoms with Gasteiger partial charge in [-0.15, -0.1) is 11.3 Å². The third kappa shape index (κ3) is 2.86. The van der Waals surface area contributed by atoms with E-state index >= 15 is 0 Å². The number of hydrogen-bond acceptors (Lipinski definition) is 8. The van der Waals surface area contributed by atoms with Crippen molar-refractivity contribution in [1.29, 1.82) is 0 Å². The second-order valence-corrected chi connectivity index (χ2v) is 6.32. The van der Waals surface area contributed by atoms with Gasteiger partial charge in [0.15, 0.2) is 5.82 Å². The Balaban J connectivity index is 2.29. The van der Waals surface area contributed by atoms with Crippen molar-refractivity contribution < 1.29 is 22.5 Å². The van der Waals surface area contributed by atoms with Crippen LogP contribution in [0.25, 0.3) is 0 Å². The molecule has 2 rings (SSSR count). The summed E-state index contributed by atoms with van der Waals surface area (Å²) in [6.45, 7) is 1.47. The Bertz CT molecular complexity index is 705. The van der Waals surface area contributed by atoms with Crippen molar-refractivity contribution in [1.82, 2.24) is 14.9 Å². The van der Waals surface area contributed by atoms with Gasteiger partial charge in [-0.25, -0.2) is 17.9 Å². The van der Waals surface area contributed by atoms with E-state index < -0.39 is 16.0 Å². The molecule has 10 heteroatoms. The summed E-state index contributed by atoms with van der Waals surface area (Å²) in [5.74, 6) is -0.496. The van der Waals surface area contributed by atoms with Crippen LogP contribution in [0.5, 0.6) is 0 Å². The van der Waals surface area contributed by atoms with Gasteiger partial charge >= 0.3 is 5.97 Å². The molecule has 0 bridgehead atoms. The molecule has 0 aliphatic rings. The highest BCUT2D eigenvalue weighted by Crippen LogP contribution is 2.27. The molecular weight excluding hydrogens is 306 g/mol. The summed E-state index contributed by atoms with van der Waals surface area (Å²) in [6, 6.07) is 0. The smallest absolute Gasteiger partial charge is 0.349 e. The normalized spacial score (nSPS) is 11.5. The number of nitrogens with zero attached hydrogens (tertiary/aromatic N) is 2. The lowest BCUT2D eigenvalue weighted by Crippen LogP contribution is -2.25. The van der Waals surface area contributed by atoms with E-state index in [-0.39, 0.29) is 22.1 Å². The van der Waals surface area contributed by atoms with E-state index in [1.165, 1.54) is 7.11 Å². The van der Waals surface area contributed by atoms with Gasteiger partial charge in [-0.2, -0.15) is 4.98 Å². The van der Waals surface area contributed by atoms with Crippen LogP contribution >= 0.6 is 11.3 Å². The summed E-state index contributed by atoms with van der Waals surface area (Å²) in [5, 5.41) is 5.07. The quantitative estimate of drug-likeness (QED) is 0.808. The number of esters is 1. The number of ether oxygens (including phenoxy) is 1. The highest BCUT2D eigenvalue weighted by molar-refractivity contribution is 7.89. The predicted molar refractivity (Wildman–Crippen MR) is 68.7 cm³/mol. The molecule has 2 aromatic rings. The lowest BCUT2D eigenvalue weighted by Gasteiger charge is -2.06. The Morgan fingerprint density at radius 3 is 2.90 bits per heavy atom. The molecule has 0 fully saturated rings. The Labute approximate surface area is 118 Å². The molecule has 0 atom stereocenters. The first-order valence-corrected chi connectivity index (χ1v) is 7.73. The van der Waals surface area contributed by atoms with Gasteiger partial charge < -0.3 is 9.26 Å². The van der Waals surface area contributed by atoms with E-state index in [2.05, 4.69) is 24.1 Å². The van der Waals surface area contributed by atoms with Gasteiger partial charge in [-0.3, -0.25) is 0 Å². The zero-order valence-electron chi connectivity index (χ0n) is 10.6. The van der Waals surface area contributed by atoms with Gasteiger partial charge in [0, 0.05) is 0 Å². The maximum Gasteiger partial charge on any atom is 0.349 e. The second-order valence-electron chi connectivity index (χ2n) is 3.74. The van der Waals surface area contributed by atoms with Crippen LogP contribution in [0.4, 0.5) is 0 Å². The summed E-state index contributed by atoms with van der Waals surface area (Å²) in [7, 11) is -2.68. The van der Waals surface area contributed by atoms with Gasteiger partial charge in [-0.1, -0.05) is 5.16 Å². The fraction of sp³-hybridized carbons (Fsp3) is 0.300. The van der Waals surface area contributed by atoms with Crippen molar-refractivity contribution >= 4 is 27.3 Å². The zero-order chi connectivity index (χ0) is 14.8. The number of rotatable bonds is 5. The number of hydrogen-bond donors (Lipinski definition) is 1. The first kappa shape index (κ1) is 14.6. The van der Waals surface area contributed by atoms with Crippen LogP contribution in [0.1, 0.15) is 21.1 Å². The van der Waals surface area contributed by atoms with E-state index in [1.54, 1.807) is 12.3 Å². The molecule has 2 heterocycles. The molecule has 1 N–H and O–H groups in total. The summed E-state index contributed by atoms with van der Waals surface area (Å²) in [4.78, 5) is 15.2. The first-order chi connectivity index (χ1) is 9.45. The number of thiophene rings is 1. The number of aromatic nitrogens is 2. The molecular formula is C10H11N3O5S2. The molecule has 0 aromatic carbocycles. The average Bonchev–Trinajstić information content (AvgIpc) is 3.04. The molecule has 0 aliphatic carbocycles. The second kappa shape index (κ2) is 5.69. The van der Waals surface area contributed by atoms with Crippen LogP contribution in [0, 0.1) is 6.92 Å². The van der Waals surface area contributed by atoms with Crippen molar-refractivity contribution in [2.45, 2.75) is 18.4 Å². The maximum atomic E-state index is 12.3. The molecule has 108 valence electrons. The van der Waals surface area contributed by atoms with Crippen molar-refractivity contribution in [3.8, 4) is 0 Å². The highest BCUT2D eigenvalue weighted by Gasteiger charge is 2.27. The number of methoxy groups -OCH3 is 1. The van der Waals surface area contributed by atoms with Crippen LogP contribution in [0.3, 0.4) is 0 Å². The fourth-order valence-electron chi connectivity index (χ4n) is 1.50. The molecule has 0 unspecified atom stereocenters.